The van der Waals surface area contributed by atoms with Crippen LogP contribution in [0.1, 0.15) is 6.42 Å². The third-order valence-corrected chi connectivity index (χ3v) is 3.43. The first-order chi connectivity index (χ1) is 8.02. The van der Waals surface area contributed by atoms with Gasteiger partial charge in [-0.2, -0.15) is 0 Å². The fourth-order valence-electron chi connectivity index (χ4n) is 1.84. The molecule has 1 aliphatic heterocycles. The van der Waals surface area contributed by atoms with Gasteiger partial charge in [0.15, 0.2) is 0 Å². The molecule has 0 aromatic heterocycles. The SMILES string of the molecule is O=C1CC(CCl)CN1c1cc(Cl)c(F)cc1F. The Kier molecular flexibility index (Phi) is 3.54. The molecule has 2 nitrogen and oxygen atoms in total. The highest BCUT2D eigenvalue weighted by atomic mass is 35.5. The van der Waals surface area contributed by atoms with E-state index in [1.54, 1.807) is 0 Å². The zero-order valence-corrected chi connectivity index (χ0v) is 10.2. The summed E-state index contributed by atoms with van der Waals surface area (Å²) < 4.78 is 26.6. The molecular formula is C11H9Cl2F2NO. The quantitative estimate of drug-likeness (QED) is 0.601. The van der Waals surface area contributed by atoms with Gasteiger partial charge < -0.3 is 4.90 Å². The molecule has 0 saturated carbocycles. The minimum atomic E-state index is -0.839. The molecule has 1 atom stereocenters. The first kappa shape index (κ1) is 12.6. The number of nitrogens with zero attached hydrogens (tertiary/aromatic N) is 1. The normalized spacial score (nSPS) is 20.1. The summed E-state index contributed by atoms with van der Waals surface area (Å²) in [6.45, 7) is 0.335. The molecule has 1 aromatic rings. The zero-order chi connectivity index (χ0) is 12.6. The second-order valence-electron chi connectivity index (χ2n) is 3.95. The molecule has 1 heterocycles. The van der Waals surface area contributed by atoms with E-state index in [-0.39, 0.29) is 29.0 Å². The highest BCUT2D eigenvalue weighted by Gasteiger charge is 2.31. The summed E-state index contributed by atoms with van der Waals surface area (Å²) in [6, 6.07) is 1.81. The molecule has 17 heavy (non-hydrogen) atoms. The summed E-state index contributed by atoms with van der Waals surface area (Å²) in [5.41, 5.74) is 0.00835. The molecule has 0 N–H and O–H groups in total. The second-order valence-corrected chi connectivity index (χ2v) is 4.66. The number of carbonyl (C=O) groups is 1. The van der Waals surface area contributed by atoms with Crippen LogP contribution in [-0.2, 0) is 4.79 Å². The molecule has 2 rings (SSSR count). The molecule has 1 aliphatic rings. The first-order valence-electron chi connectivity index (χ1n) is 5.03. The van der Waals surface area contributed by atoms with Crippen molar-refractivity contribution in [3.8, 4) is 0 Å². The number of hydrogen-bond acceptors (Lipinski definition) is 1. The van der Waals surface area contributed by atoms with Crippen LogP contribution in [-0.4, -0.2) is 18.3 Å². The average Bonchev–Trinajstić information content (AvgIpc) is 2.65. The van der Waals surface area contributed by atoms with Crippen molar-refractivity contribution in [2.75, 3.05) is 17.3 Å². The lowest BCUT2D eigenvalue weighted by atomic mass is 10.1. The van der Waals surface area contributed by atoms with Crippen LogP contribution in [0.2, 0.25) is 5.02 Å². The monoisotopic (exact) mass is 279 g/mol. The van der Waals surface area contributed by atoms with Crippen molar-refractivity contribution in [3.05, 3.63) is 28.8 Å². The Morgan fingerprint density at radius 1 is 1.35 bits per heavy atom. The summed E-state index contributed by atoms with van der Waals surface area (Å²) >= 11 is 11.2. The smallest absolute Gasteiger partial charge is 0.227 e. The van der Waals surface area contributed by atoms with E-state index in [0.717, 1.165) is 6.07 Å². The van der Waals surface area contributed by atoms with E-state index < -0.39 is 11.6 Å². The lowest BCUT2D eigenvalue weighted by Crippen LogP contribution is -2.25. The molecule has 6 heteroatoms. The van der Waals surface area contributed by atoms with E-state index in [1.807, 2.05) is 0 Å². The standard InChI is InChI=1S/C11H9Cl2F2NO/c12-4-6-1-11(17)16(5-6)10-2-7(13)8(14)3-9(10)15/h2-3,6H,1,4-5H2. The third kappa shape index (κ3) is 2.38. The molecule has 92 valence electrons. The largest absolute Gasteiger partial charge is 0.309 e. The van der Waals surface area contributed by atoms with Gasteiger partial charge >= 0.3 is 0 Å². The second kappa shape index (κ2) is 4.78. The van der Waals surface area contributed by atoms with Gasteiger partial charge in [0.25, 0.3) is 0 Å². The van der Waals surface area contributed by atoms with Gasteiger partial charge in [0, 0.05) is 24.9 Å². The highest BCUT2D eigenvalue weighted by Crippen LogP contribution is 2.31. The first-order valence-corrected chi connectivity index (χ1v) is 5.95. The van der Waals surface area contributed by atoms with Crippen LogP contribution in [0.25, 0.3) is 0 Å². The van der Waals surface area contributed by atoms with E-state index in [9.17, 15) is 13.6 Å². The van der Waals surface area contributed by atoms with Crippen LogP contribution in [0.3, 0.4) is 0 Å². The molecule has 1 aromatic carbocycles. The van der Waals surface area contributed by atoms with Crippen LogP contribution in [0.5, 0.6) is 0 Å². The van der Waals surface area contributed by atoms with Crippen LogP contribution in [0.15, 0.2) is 12.1 Å². The number of carbonyl (C=O) groups excluding carboxylic acids is 1. The lowest BCUT2D eigenvalue weighted by Gasteiger charge is -2.17. The van der Waals surface area contributed by atoms with Crippen molar-refractivity contribution >= 4 is 34.8 Å². The summed E-state index contributed by atoms with van der Waals surface area (Å²) in [6.07, 6.45) is 0.276. The number of rotatable bonds is 2. The fraction of sp³-hybridized carbons (Fsp3) is 0.364. The molecule has 1 saturated heterocycles. The van der Waals surface area contributed by atoms with Crippen LogP contribution in [0, 0.1) is 17.6 Å². The van der Waals surface area contributed by atoms with Crippen LogP contribution in [0.4, 0.5) is 14.5 Å². The average molecular weight is 280 g/mol. The molecule has 0 bridgehead atoms. The predicted octanol–water partition coefficient (Wildman–Crippen LogP) is 3.21. The van der Waals surface area contributed by atoms with E-state index in [0.29, 0.717) is 18.5 Å². The van der Waals surface area contributed by atoms with E-state index in [4.69, 9.17) is 23.2 Å². The number of alkyl halides is 1. The number of halogens is 4. The topological polar surface area (TPSA) is 20.3 Å². The van der Waals surface area contributed by atoms with Gasteiger partial charge in [0.2, 0.25) is 5.91 Å². The Balaban J connectivity index is 2.35. The molecule has 0 aliphatic carbocycles. The molecule has 1 amide bonds. The van der Waals surface area contributed by atoms with Gasteiger partial charge in [0.05, 0.1) is 10.7 Å². The van der Waals surface area contributed by atoms with Crippen molar-refractivity contribution in [2.24, 2.45) is 5.92 Å². The maximum Gasteiger partial charge on any atom is 0.227 e. The zero-order valence-electron chi connectivity index (χ0n) is 8.72. The van der Waals surface area contributed by atoms with Gasteiger partial charge in [0.1, 0.15) is 11.6 Å². The van der Waals surface area contributed by atoms with Crippen LogP contribution >= 0.6 is 23.2 Å². The van der Waals surface area contributed by atoms with E-state index in [2.05, 4.69) is 0 Å². The fourth-order valence-corrected chi connectivity index (χ4v) is 2.20. The van der Waals surface area contributed by atoms with E-state index in [1.165, 1.54) is 4.90 Å². The van der Waals surface area contributed by atoms with Gasteiger partial charge in [-0.25, -0.2) is 8.78 Å². The number of benzene rings is 1. The Hall–Kier alpha value is -0.870. The van der Waals surface area contributed by atoms with Crippen molar-refractivity contribution in [2.45, 2.75) is 6.42 Å². The lowest BCUT2D eigenvalue weighted by molar-refractivity contribution is -0.117. The molecule has 0 radical (unpaired) electrons. The van der Waals surface area contributed by atoms with Crippen molar-refractivity contribution in [1.29, 1.82) is 0 Å². The Morgan fingerprint density at radius 3 is 2.65 bits per heavy atom. The van der Waals surface area contributed by atoms with Crippen LogP contribution < -0.4 is 4.90 Å². The van der Waals surface area contributed by atoms with Gasteiger partial charge in [-0.1, -0.05) is 11.6 Å². The number of anilines is 1. The summed E-state index contributed by atoms with van der Waals surface area (Å²) in [4.78, 5) is 12.9. The summed E-state index contributed by atoms with van der Waals surface area (Å²) in [5.74, 6) is -1.53. The summed E-state index contributed by atoms with van der Waals surface area (Å²) in [7, 11) is 0. The summed E-state index contributed by atoms with van der Waals surface area (Å²) in [5, 5.41) is -0.205. The van der Waals surface area contributed by atoms with Crippen molar-refractivity contribution < 1.29 is 13.6 Å². The Labute approximate surface area is 107 Å². The maximum atomic E-state index is 13.6. The minimum absolute atomic E-state index is 0.00704. The number of amides is 1. The van der Waals surface area contributed by atoms with E-state index >= 15 is 0 Å². The van der Waals surface area contributed by atoms with Crippen molar-refractivity contribution in [3.63, 3.8) is 0 Å². The van der Waals surface area contributed by atoms with Gasteiger partial charge in [-0.15, -0.1) is 11.6 Å². The molecule has 0 spiro atoms. The Bertz CT molecular complexity index is 467. The third-order valence-electron chi connectivity index (χ3n) is 2.70. The highest BCUT2D eigenvalue weighted by molar-refractivity contribution is 6.31. The number of hydrogen-bond donors (Lipinski definition) is 0. The maximum absolute atomic E-state index is 13.6. The molecule has 1 fully saturated rings. The van der Waals surface area contributed by atoms with Gasteiger partial charge in [-0.05, 0) is 12.0 Å². The predicted molar refractivity (Wildman–Crippen MR) is 62.5 cm³/mol. The molecule has 1 unspecified atom stereocenters. The molecular weight excluding hydrogens is 271 g/mol. The van der Waals surface area contributed by atoms with Crippen molar-refractivity contribution in [1.82, 2.24) is 0 Å². The minimum Gasteiger partial charge on any atom is -0.309 e. The van der Waals surface area contributed by atoms with Gasteiger partial charge in [-0.3, -0.25) is 4.79 Å². The Morgan fingerprint density at radius 2 is 2.06 bits per heavy atom.